The zero-order valence-corrected chi connectivity index (χ0v) is 27.9. The molecule has 0 amide bonds. The molecule has 0 saturated heterocycles. The minimum absolute atomic E-state index is 0.0379. The van der Waals surface area contributed by atoms with Gasteiger partial charge >= 0.3 is 0 Å². The molecule has 3 N–H and O–H groups in total. The highest BCUT2D eigenvalue weighted by atomic mass is 32.2. The van der Waals surface area contributed by atoms with E-state index in [-0.39, 0.29) is 32.0 Å². The van der Waals surface area contributed by atoms with Crippen LogP contribution < -0.4 is 25.6 Å². The molecule has 2 aliphatic rings. The van der Waals surface area contributed by atoms with Gasteiger partial charge in [0.1, 0.15) is 34.6 Å². The first-order valence-corrected chi connectivity index (χ1v) is 17.8. The topological polar surface area (TPSA) is 176 Å². The summed E-state index contributed by atoms with van der Waals surface area (Å²) in [5.41, 5.74) is 2.41. The zero-order valence-electron chi connectivity index (χ0n) is 26.3. The van der Waals surface area contributed by atoms with E-state index in [1.807, 2.05) is 69.0 Å². The van der Waals surface area contributed by atoms with E-state index < -0.39 is 29.9 Å². The molecule has 0 unspecified atom stereocenters. The third-order valence-electron chi connectivity index (χ3n) is 7.59. The molecule has 4 rings (SSSR count). The van der Waals surface area contributed by atoms with Crippen molar-refractivity contribution in [1.82, 2.24) is 9.46 Å². The summed E-state index contributed by atoms with van der Waals surface area (Å²) in [7, 11) is -9.54. The van der Waals surface area contributed by atoms with Crippen LogP contribution in [0.15, 0.2) is 68.8 Å². The molecule has 0 bridgehead atoms. The highest BCUT2D eigenvalue weighted by Crippen LogP contribution is 2.43. The van der Waals surface area contributed by atoms with E-state index in [4.69, 9.17) is 19.9 Å². The number of nitrogens with one attached hydrogen (secondary N) is 1. The SMILES string of the molecule is CCN(CC)c1ccc2c(-c3ccc(S(=O)(=O)NOCCOCCON)cc3S(=O)(=O)[O-])c3ccc(=[N+](CC)CC)cc-3oc2c1. The molecule has 1 aliphatic heterocycles. The van der Waals surface area contributed by atoms with Gasteiger partial charge in [-0.1, -0.05) is 11.0 Å². The number of benzene rings is 3. The van der Waals surface area contributed by atoms with Crippen molar-refractivity contribution in [1.29, 1.82) is 0 Å². The van der Waals surface area contributed by atoms with Crippen LogP contribution in [0.5, 0.6) is 0 Å². The average Bonchev–Trinajstić information content (AvgIpc) is 3.03. The number of ether oxygens (including phenoxy) is 1. The van der Waals surface area contributed by atoms with Crippen LogP contribution in [0.2, 0.25) is 0 Å². The third-order valence-corrected chi connectivity index (χ3v) is 9.68. The van der Waals surface area contributed by atoms with Gasteiger partial charge in [0, 0.05) is 53.0 Å². The van der Waals surface area contributed by atoms with Crippen molar-refractivity contribution in [3.05, 3.63) is 60.0 Å². The highest BCUT2D eigenvalue weighted by molar-refractivity contribution is 7.89. The molecule has 2 aromatic carbocycles. The Balaban J connectivity index is 1.90. The predicted octanol–water partition coefficient (Wildman–Crippen LogP) is 2.88. The van der Waals surface area contributed by atoms with Crippen LogP contribution in [-0.4, -0.2) is 74.0 Å². The zero-order chi connectivity index (χ0) is 33.5. The molecule has 0 atom stereocenters. The first kappa shape index (κ1) is 35.4. The summed E-state index contributed by atoms with van der Waals surface area (Å²) in [6.07, 6.45) is 0. The number of anilines is 1. The van der Waals surface area contributed by atoms with Crippen LogP contribution >= 0.6 is 0 Å². The van der Waals surface area contributed by atoms with E-state index >= 15 is 0 Å². The summed E-state index contributed by atoms with van der Waals surface area (Å²) < 4.78 is 77.9. The molecule has 0 saturated carbocycles. The summed E-state index contributed by atoms with van der Waals surface area (Å²) in [5, 5.41) is 1.47. The van der Waals surface area contributed by atoms with Crippen LogP contribution in [-0.2, 0) is 34.6 Å². The first-order valence-electron chi connectivity index (χ1n) is 15.0. The summed E-state index contributed by atoms with van der Waals surface area (Å²) in [6.45, 7) is 11.4. The lowest BCUT2D eigenvalue weighted by Gasteiger charge is -2.23. The molecule has 2 aromatic rings. The number of fused-ring (bicyclic) bond motifs is 2. The molecule has 1 heterocycles. The second-order valence-corrected chi connectivity index (χ2v) is 13.2. The second kappa shape index (κ2) is 15.5. The number of rotatable bonds is 16. The van der Waals surface area contributed by atoms with Crippen molar-refractivity contribution in [3.63, 3.8) is 0 Å². The minimum Gasteiger partial charge on any atom is -0.744 e. The van der Waals surface area contributed by atoms with Gasteiger partial charge in [-0.15, -0.1) is 0 Å². The highest BCUT2D eigenvalue weighted by Gasteiger charge is 2.25. The Morgan fingerprint density at radius 3 is 2.22 bits per heavy atom. The van der Waals surface area contributed by atoms with Crippen molar-refractivity contribution in [2.24, 2.45) is 5.90 Å². The van der Waals surface area contributed by atoms with Crippen LogP contribution in [0.3, 0.4) is 0 Å². The van der Waals surface area contributed by atoms with E-state index in [9.17, 15) is 21.4 Å². The van der Waals surface area contributed by atoms with Gasteiger partial charge in [-0.05, 0) is 58.0 Å². The molecule has 0 radical (unpaired) electrons. The fraction of sp³-hybridized carbons (Fsp3) is 0.387. The average molecular weight is 677 g/mol. The summed E-state index contributed by atoms with van der Waals surface area (Å²) in [5.74, 6) is 5.39. The van der Waals surface area contributed by atoms with E-state index in [1.54, 1.807) is 0 Å². The monoisotopic (exact) mass is 676 g/mol. The molecule has 46 heavy (non-hydrogen) atoms. The Labute approximate surface area is 269 Å². The molecule has 15 heteroatoms. The fourth-order valence-electron chi connectivity index (χ4n) is 5.29. The Kier molecular flexibility index (Phi) is 11.9. The van der Waals surface area contributed by atoms with Crippen molar-refractivity contribution in [3.8, 4) is 22.5 Å². The van der Waals surface area contributed by atoms with Gasteiger partial charge in [-0.25, -0.2) is 27.3 Å². The van der Waals surface area contributed by atoms with Crippen LogP contribution in [0.1, 0.15) is 27.7 Å². The Hall–Kier alpha value is -3.41. The predicted molar refractivity (Wildman–Crippen MR) is 173 cm³/mol. The Morgan fingerprint density at radius 2 is 1.57 bits per heavy atom. The van der Waals surface area contributed by atoms with E-state index in [0.717, 1.165) is 43.3 Å². The summed E-state index contributed by atoms with van der Waals surface area (Å²) >= 11 is 0. The summed E-state index contributed by atoms with van der Waals surface area (Å²) in [4.78, 5) is 12.3. The lowest BCUT2D eigenvalue weighted by molar-refractivity contribution is 0.00215. The number of hydrogen-bond donors (Lipinski definition) is 2. The first-order chi connectivity index (χ1) is 22.0. The van der Waals surface area contributed by atoms with Gasteiger partial charge in [0.05, 0.1) is 42.3 Å². The van der Waals surface area contributed by atoms with Crippen molar-refractivity contribution >= 4 is 36.8 Å². The summed E-state index contributed by atoms with van der Waals surface area (Å²) in [6, 6.07) is 14.6. The maximum atomic E-state index is 13.0. The van der Waals surface area contributed by atoms with E-state index in [2.05, 4.69) is 14.3 Å². The van der Waals surface area contributed by atoms with Crippen molar-refractivity contribution < 1.29 is 40.2 Å². The van der Waals surface area contributed by atoms with Crippen LogP contribution in [0.25, 0.3) is 33.4 Å². The molecular weight excluding hydrogens is 636 g/mol. The number of nitrogens with two attached hydrogens (primary N) is 1. The third kappa shape index (κ3) is 7.93. The molecule has 0 aromatic heterocycles. The molecule has 0 fully saturated rings. The van der Waals surface area contributed by atoms with Crippen LogP contribution in [0.4, 0.5) is 5.69 Å². The van der Waals surface area contributed by atoms with Gasteiger partial charge in [0.15, 0.2) is 0 Å². The maximum Gasteiger partial charge on any atom is 0.262 e. The van der Waals surface area contributed by atoms with Crippen LogP contribution in [0, 0.1) is 0 Å². The normalized spacial score (nSPS) is 12.2. The van der Waals surface area contributed by atoms with Gasteiger partial charge in [-0.3, -0.25) is 4.84 Å². The minimum atomic E-state index is -5.17. The second-order valence-electron chi connectivity index (χ2n) is 10.2. The van der Waals surface area contributed by atoms with Gasteiger partial charge in [-0.2, -0.15) is 0 Å². The van der Waals surface area contributed by atoms with Gasteiger partial charge < -0.3 is 23.4 Å². The Bertz CT molecular complexity index is 1920. The van der Waals surface area contributed by atoms with E-state index in [0.29, 0.717) is 27.9 Å². The molecule has 1 aliphatic carbocycles. The lowest BCUT2D eigenvalue weighted by atomic mass is 9.93. The Morgan fingerprint density at radius 1 is 0.870 bits per heavy atom. The van der Waals surface area contributed by atoms with Gasteiger partial charge in [0.25, 0.3) is 10.0 Å². The largest absolute Gasteiger partial charge is 0.744 e. The number of hydrogen-bond acceptors (Lipinski definition) is 11. The fourth-order valence-corrected chi connectivity index (χ4v) is 6.93. The quantitative estimate of drug-likeness (QED) is 0.0587. The van der Waals surface area contributed by atoms with E-state index in [1.165, 1.54) is 12.1 Å². The lowest BCUT2D eigenvalue weighted by Crippen LogP contribution is -2.29. The standard InChI is InChI=1S/C31H40N4O9S2/c1-5-34(6-2)22-9-12-25-28(19-22)44-29-20-23(35(7-3)8-4)10-13-26(29)31(25)27-14-11-24(21-30(27)46(38,39)40)45(36,37)33-43-18-16-41-15-17-42-32/h9-14,19-21,33H,5-8,15-18,32H2,1-4H3. The molecular formula is C31H40N4O9S2. The smallest absolute Gasteiger partial charge is 0.262 e. The maximum absolute atomic E-state index is 13.0. The number of nitrogens with zero attached hydrogens (tertiary/aromatic N) is 2. The van der Waals surface area contributed by atoms with Gasteiger partial charge in [0.2, 0.25) is 5.36 Å². The van der Waals surface area contributed by atoms with Crippen molar-refractivity contribution in [2.45, 2.75) is 37.5 Å². The molecule has 250 valence electrons. The molecule has 0 spiro atoms. The van der Waals surface area contributed by atoms with Crippen molar-refractivity contribution in [2.75, 3.05) is 57.5 Å². The molecule has 13 nitrogen and oxygen atoms in total. The number of sulfonamides is 1.